The number of ether oxygens (including phenoxy) is 2. The molecule has 0 aliphatic heterocycles. The molecule has 0 N–H and O–H groups in total. The van der Waals surface area contributed by atoms with Crippen molar-refractivity contribution in [2.75, 3.05) is 6.61 Å². The quantitative estimate of drug-likeness (QED) is 0.248. The summed E-state index contributed by atoms with van der Waals surface area (Å²) < 4.78 is 12.0. The topological polar surface area (TPSA) is 35.5 Å². The third kappa shape index (κ3) is 6.49. The maximum atomic E-state index is 12.3. The van der Waals surface area contributed by atoms with Gasteiger partial charge in [0.1, 0.15) is 11.5 Å². The number of unbranched alkanes of at least 4 members (excludes halogenated alkanes) is 4. The summed E-state index contributed by atoms with van der Waals surface area (Å²) in [5.41, 5.74) is 1.69. The highest BCUT2D eigenvalue weighted by Gasteiger charge is 2.11. The predicted octanol–water partition coefficient (Wildman–Crippen LogP) is 6.58. The van der Waals surface area contributed by atoms with Gasteiger partial charge in [-0.05, 0) is 70.7 Å². The summed E-state index contributed by atoms with van der Waals surface area (Å²) in [7, 11) is 0. The first-order chi connectivity index (χ1) is 12.6. The zero-order valence-corrected chi connectivity index (χ0v) is 17.2. The van der Waals surface area contributed by atoms with Gasteiger partial charge in [0, 0.05) is 0 Å². The Hall–Kier alpha value is -1.81. The Bertz CT molecular complexity index is 695. The average molecular weight is 419 g/mol. The van der Waals surface area contributed by atoms with Gasteiger partial charge in [0.05, 0.1) is 16.6 Å². The van der Waals surface area contributed by atoms with Gasteiger partial charge in [-0.3, -0.25) is 0 Å². The second-order valence-corrected chi connectivity index (χ2v) is 7.15. The van der Waals surface area contributed by atoms with E-state index in [1.165, 1.54) is 31.2 Å². The number of carbonyl (C=O) groups excluding carboxylic acids is 1. The van der Waals surface area contributed by atoms with E-state index in [2.05, 4.69) is 29.8 Å². The van der Waals surface area contributed by atoms with Crippen LogP contribution in [0.15, 0.2) is 46.9 Å². The minimum atomic E-state index is -0.374. The number of hydrogen-bond donors (Lipinski definition) is 0. The molecule has 2 aromatic rings. The Balaban J connectivity index is 1.84. The third-order valence-corrected chi connectivity index (χ3v) is 4.83. The Labute approximate surface area is 164 Å². The molecule has 0 amide bonds. The van der Waals surface area contributed by atoms with Crippen molar-refractivity contribution < 1.29 is 14.3 Å². The maximum absolute atomic E-state index is 12.3. The average Bonchev–Trinajstić information content (AvgIpc) is 2.66. The molecule has 0 aliphatic rings. The highest BCUT2D eigenvalue weighted by molar-refractivity contribution is 9.10. The Morgan fingerprint density at radius 3 is 2.35 bits per heavy atom. The standard InChI is InChI=1S/C22H27BrO3/c1-3-5-6-7-8-15-25-19-12-10-18(11-13-19)22(24)26-21-14-9-17(4-2)16-20(21)23/h9-14,16H,3-8,15H2,1-2H3. The van der Waals surface area contributed by atoms with E-state index in [0.717, 1.165) is 23.1 Å². The van der Waals surface area contributed by atoms with Crippen LogP contribution >= 0.6 is 15.9 Å². The molecular weight excluding hydrogens is 392 g/mol. The first-order valence-corrected chi connectivity index (χ1v) is 10.2. The van der Waals surface area contributed by atoms with Crippen molar-refractivity contribution in [2.24, 2.45) is 0 Å². The molecule has 0 bridgehead atoms. The van der Waals surface area contributed by atoms with Crippen molar-refractivity contribution >= 4 is 21.9 Å². The number of halogens is 1. The fraction of sp³-hybridized carbons (Fsp3) is 0.409. The number of rotatable bonds is 10. The molecule has 26 heavy (non-hydrogen) atoms. The second-order valence-electron chi connectivity index (χ2n) is 6.29. The number of hydrogen-bond acceptors (Lipinski definition) is 3. The molecule has 0 spiro atoms. The Morgan fingerprint density at radius 2 is 1.69 bits per heavy atom. The van der Waals surface area contributed by atoms with Crippen LogP contribution in [0.5, 0.6) is 11.5 Å². The minimum absolute atomic E-state index is 0.374. The number of benzene rings is 2. The lowest BCUT2D eigenvalue weighted by molar-refractivity contribution is 0.0733. The largest absolute Gasteiger partial charge is 0.494 e. The minimum Gasteiger partial charge on any atom is -0.494 e. The molecule has 0 heterocycles. The molecule has 2 rings (SSSR count). The van der Waals surface area contributed by atoms with Gasteiger partial charge in [-0.1, -0.05) is 45.6 Å². The zero-order chi connectivity index (χ0) is 18.8. The monoisotopic (exact) mass is 418 g/mol. The smallest absolute Gasteiger partial charge is 0.343 e. The molecule has 0 fully saturated rings. The molecule has 140 valence electrons. The van der Waals surface area contributed by atoms with Crippen molar-refractivity contribution in [1.29, 1.82) is 0 Å². The lowest BCUT2D eigenvalue weighted by Gasteiger charge is -2.09. The highest BCUT2D eigenvalue weighted by Crippen LogP contribution is 2.27. The Morgan fingerprint density at radius 1 is 0.962 bits per heavy atom. The molecular formula is C22H27BrO3. The summed E-state index contributed by atoms with van der Waals surface area (Å²) >= 11 is 3.45. The SMILES string of the molecule is CCCCCCCOc1ccc(C(=O)Oc2ccc(CC)cc2Br)cc1. The van der Waals surface area contributed by atoms with Gasteiger partial charge in [-0.25, -0.2) is 4.79 Å². The first-order valence-electron chi connectivity index (χ1n) is 9.37. The van der Waals surface area contributed by atoms with Gasteiger partial charge in [0.25, 0.3) is 0 Å². The lowest BCUT2D eigenvalue weighted by atomic mass is 10.1. The molecule has 0 unspecified atom stereocenters. The van der Waals surface area contributed by atoms with Crippen LogP contribution in [0, 0.1) is 0 Å². The van der Waals surface area contributed by atoms with Crippen molar-refractivity contribution in [3.63, 3.8) is 0 Å². The van der Waals surface area contributed by atoms with E-state index in [-0.39, 0.29) is 5.97 Å². The fourth-order valence-corrected chi connectivity index (χ4v) is 3.10. The number of carbonyl (C=O) groups is 1. The van der Waals surface area contributed by atoms with Crippen LogP contribution in [-0.2, 0) is 6.42 Å². The van der Waals surface area contributed by atoms with Crippen LogP contribution in [0.3, 0.4) is 0 Å². The molecule has 0 saturated carbocycles. The van der Waals surface area contributed by atoms with Crippen molar-refractivity contribution in [3.8, 4) is 11.5 Å². The van der Waals surface area contributed by atoms with Gasteiger partial charge in [-0.15, -0.1) is 0 Å². The van der Waals surface area contributed by atoms with Crippen LogP contribution in [0.4, 0.5) is 0 Å². The Kier molecular flexibility index (Phi) is 8.69. The van der Waals surface area contributed by atoms with Crippen molar-refractivity contribution in [3.05, 3.63) is 58.1 Å². The van der Waals surface area contributed by atoms with Crippen LogP contribution in [0.2, 0.25) is 0 Å². The molecule has 0 atom stereocenters. The van der Waals surface area contributed by atoms with Crippen molar-refractivity contribution in [2.45, 2.75) is 52.4 Å². The van der Waals surface area contributed by atoms with Crippen LogP contribution in [0.1, 0.15) is 61.9 Å². The summed E-state index contributed by atoms with van der Waals surface area (Å²) in [5.74, 6) is 0.936. The predicted molar refractivity (Wildman–Crippen MR) is 109 cm³/mol. The second kappa shape index (κ2) is 11.0. The molecule has 2 aromatic carbocycles. The van der Waals surface area contributed by atoms with E-state index in [1.54, 1.807) is 12.1 Å². The van der Waals surface area contributed by atoms with Crippen molar-refractivity contribution in [1.82, 2.24) is 0 Å². The number of aryl methyl sites for hydroxylation is 1. The summed E-state index contributed by atoms with van der Waals surface area (Å²) in [5, 5.41) is 0. The summed E-state index contributed by atoms with van der Waals surface area (Å²) in [6.45, 7) is 5.01. The van der Waals surface area contributed by atoms with Crippen LogP contribution in [-0.4, -0.2) is 12.6 Å². The lowest BCUT2D eigenvalue weighted by Crippen LogP contribution is -2.09. The first kappa shape index (κ1) is 20.5. The fourth-order valence-electron chi connectivity index (χ4n) is 2.59. The zero-order valence-electron chi connectivity index (χ0n) is 15.6. The van der Waals surface area contributed by atoms with Crippen LogP contribution < -0.4 is 9.47 Å². The van der Waals surface area contributed by atoms with E-state index in [9.17, 15) is 4.79 Å². The van der Waals surface area contributed by atoms with Crippen LogP contribution in [0.25, 0.3) is 0 Å². The van der Waals surface area contributed by atoms with Gasteiger partial charge in [0.15, 0.2) is 0 Å². The molecule has 0 aromatic heterocycles. The van der Waals surface area contributed by atoms with Gasteiger partial charge in [-0.2, -0.15) is 0 Å². The van der Waals surface area contributed by atoms with E-state index in [4.69, 9.17) is 9.47 Å². The molecule has 3 nitrogen and oxygen atoms in total. The molecule has 4 heteroatoms. The summed E-state index contributed by atoms with van der Waals surface area (Å²) in [6.07, 6.45) is 6.99. The summed E-state index contributed by atoms with van der Waals surface area (Å²) in [4.78, 5) is 12.3. The van der Waals surface area contributed by atoms with E-state index in [1.807, 2.05) is 30.3 Å². The van der Waals surface area contributed by atoms with Gasteiger partial charge < -0.3 is 9.47 Å². The van der Waals surface area contributed by atoms with E-state index >= 15 is 0 Å². The normalized spacial score (nSPS) is 10.6. The van der Waals surface area contributed by atoms with E-state index < -0.39 is 0 Å². The van der Waals surface area contributed by atoms with E-state index in [0.29, 0.717) is 17.9 Å². The highest BCUT2D eigenvalue weighted by atomic mass is 79.9. The number of esters is 1. The van der Waals surface area contributed by atoms with Gasteiger partial charge in [0.2, 0.25) is 0 Å². The molecule has 0 radical (unpaired) electrons. The maximum Gasteiger partial charge on any atom is 0.343 e. The molecule has 0 aliphatic carbocycles. The third-order valence-electron chi connectivity index (χ3n) is 4.21. The molecule has 0 saturated heterocycles. The van der Waals surface area contributed by atoms with Gasteiger partial charge >= 0.3 is 5.97 Å². The summed E-state index contributed by atoms with van der Waals surface area (Å²) in [6, 6.07) is 12.9.